The third-order valence-corrected chi connectivity index (χ3v) is 4.88. The minimum absolute atomic E-state index is 0.131. The van der Waals surface area contributed by atoms with E-state index in [1.807, 2.05) is 12.1 Å². The van der Waals surface area contributed by atoms with Crippen LogP contribution in [0.1, 0.15) is 10.4 Å². The lowest BCUT2D eigenvalue weighted by Crippen LogP contribution is -2.34. The highest BCUT2D eigenvalue weighted by molar-refractivity contribution is 7.80. The van der Waals surface area contributed by atoms with Crippen molar-refractivity contribution in [2.24, 2.45) is 0 Å². The number of thiazole rings is 1. The maximum atomic E-state index is 12.4. The Balaban J connectivity index is 1.73. The van der Waals surface area contributed by atoms with Crippen LogP contribution in [-0.2, 0) is 0 Å². The Morgan fingerprint density at radius 1 is 1.19 bits per heavy atom. The third-order valence-electron chi connectivity index (χ3n) is 3.43. The molecule has 0 aliphatic carbocycles. The molecule has 0 aliphatic rings. The minimum atomic E-state index is -0.390. The SMILES string of the molecule is COc1cc(OC)cc(C(=O)NC(=S)Nc2nc3c(Cl)cccc3s2)c1. The summed E-state index contributed by atoms with van der Waals surface area (Å²) < 4.78 is 11.3. The van der Waals surface area contributed by atoms with E-state index in [-0.39, 0.29) is 11.0 Å². The third kappa shape index (κ3) is 4.04. The molecule has 26 heavy (non-hydrogen) atoms. The van der Waals surface area contributed by atoms with E-state index in [1.54, 1.807) is 24.3 Å². The van der Waals surface area contributed by atoms with Crippen LogP contribution in [0.2, 0.25) is 5.02 Å². The summed E-state index contributed by atoms with van der Waals surface area (Å²) in [6.07, 6.45) is 0. The van der Waals surface area contributed by atoms with E-state index >= 15 is 0 Å². The summed E-state index contributed by atoms with van der Waals surface area (Å²) >= 11 is 12.7. The number of aromatic nitrogens is 1. The van der Waals surface area contributed by atoms with Gasteiger partial charge in [-0.2, -0.15) is 0 Å². The number of rotatable bonds is 4. The number of carbonyl (C=O) groups is 1. The van der Waals surface area contributed by atoms with E-state index in [0.717, 1.165) is 4.70 Å². The molecule has 6 nitrogen and oxygen atoms in total. The van der Waals surface area contributed by atoms with Gasteiger partial charge in [0.05, 0.1) is 23.9 Å². The van der Waals surface area contributed by atoms with Crippen LogP contribution in [0.15, 0.2) is 36.4 Å². The smallest absolute Gasteiger partial charge is 0.257 e. The van der Waals surface area contributed by atoms with Gasteiger partial charge in [-0.3, -0.25) is 10.1 Å². The second-order valence-corrected chi connectivity index (χ2v) is 6.96. The molecular formula is C17H14ClN3O3S2. The zero-order chi connectivity index (χ0) is 18.7. The minimum Gasteiger partial charge on any atom is -0.497 e. The lowest BCUT2D eigenvalue weighted by molar-refractivity contribution is 0.0977. The van der Waals surface area contributed by atoms with E-state index < -0.39 is 0 Å². The van der Waals surface area contributed by atoms with Crippen molar-refractivity contribution >= 4 is 61.5 Å². The largest absolute Gasteiger partial charge is 0.497 e. The molecule has 0 aliphatic heterocycles. The standard InChI is InChI=1S/C17H14ClN3O3S2/c1-23-10-6-9(7-11(8-10)24-2)15(22)20-16(25)21-17-19-14-12(18)4-3-5-13(14)26-17/h3-8H,1-2H3,(H2,19,20,21,22,25). The summed E-state index contributed by atoms with van der Waals surface area (Å²) in [5.41, 5.74) is 1.05. The highest BCUT2D eigenvalue weighted by Gasteiger charge is 2.13. The molecule has 2 aromatic carbocycles. The first-order chi connectivity index (χ1) is 12.5. The normalized spacial score (nSPS) is 10.4. The van der Waals surface area contributed by atoms with Gasteiger partial charge in [0.25, 0.3) is 5.91 Å². The Morgan fingerprint density at radius 3 is 2.50 bits per heavy atom. The van der Waals surface area contributed by atoms with Crippen molar-refractivity contribution in [3.8, 4) is 11.5 Å². The Bertz CT molecular complexity index is 968. The van der Waals surface area contributed by atoms with Crippen molar-refractivity contribution in [3.63, 3.8) is 0 Å². The van der Waals surface area contributed by atoms with Crippen molar-refractivity contribution in [1.82, 2.24) is 10.3 Å². The van der Waals surface area contributed by atoms with Crippen LogP contribution < -0.4 is 20.1 Å². The maximum Gasteiger partial charge on any atom is 0.257 e. The fourth-order valence-electron chi connectivity index (χ4n) is 2.21. The molecule has 0 saturated heterocycles. The lowest BCUT2D eigenvalue weighted by Gasteiger charge is -2.10. The highest BCUT2D eigenvalue weighted by Crippen LogP contribution is 2.30. The van der Waals surface area contributed by atoms with E-state index in [4.69, 9.17) is 33.3 Å². The topological polar surface area (TPSA) is 72.5 Å². The van der Waals surface area contributed by atoms with Crippen LogP contribution in [0.5, 0.6) is 11.5 Å². The Kier molecular flexibility index (Phi) is 5.55. The molecule has 0 fully saturated rings. The van der Waals surface area contributed by atoms with Gasteiger partial charge in [-0.05, 0) is 36.5 Å². The summed E-state index contributed by atoms with van der Waals surface area (Å²) in [4.78, 5) is 16.8. The first-order valence-corrected chi connectivity index (χ1v) is 9.01. The predicted octanol–water partition coefficient (Wildman–Crippen LogP) is 4.09. The molecule has 0 spiro atoms. The number of carbonyl (C=O) groups excluding carboxylic acids is 1. The van der Waals surface area contributed by atoms with Gasteiger partial charge < -0.3 is 14.8 Å². The van der Waals surface area contributed by atoms with Gasteiger partial charge in [-0.25, -0.2) is 4.98 Å². The molecule has 3 aromatic rings. The van der Waals surface area contributed by atoms with Crippen molar-refractivity contribution in [3.05, 3.63) is 47.0 Å². The highest BCUT2D eigenvalue weighted by atomic mass is 35.5. The van der Waals surface area contributed by atoms with Crippen LogP contribution >= 0.6 is 35.2 Å². The monoisotopic (exact) mass is 407 g/mol. The number of nitrogens with one attached hydrogen (secondary N) is 2. The molecule has 9 heteroatoms. The maximum absolute atomic E-state index is 12.4. The van der Waals surface area contributed by atoms with Crippen LogP contribution in [0.3, 0.4) is 0 Å². The van der Waals surface area contributed by atoms with Gasteiger partial charge in [0.2, 0.25) is 0 Å². The van der Waals surface area contributed by atoms with Gasteiger partial charge in [0.15, 0.2) is 10.2 Å². The first kappa shape index (κ1) is 18.4. The molecule has 0 saturated carbocycles. The van der Waals surface area contributed by atoms with Crippen LogP contribution in [0.4, 0.5) is 5.13 Å². The number of halogens is 1. The molecule has 0 unspecified atom stereocenters. The number of benzene rings is 2. The van der Waals surface area contributed by atoms with E-state index in [2.05, 4.69) is 15.6 Å². The summed E-state index contributed by atoms with van der Waals surface area (Å²) in [7, 11) is 3.03. The molecule has 1 aromatic heterocycles. The average Bonchev–Trinajstić information content (AvgIpc) is 3.04. The van der Waals surface area contributed by atoms with Gasteiger partial charge in [0, 0.05) is 11.6 Å². The number of anilines is 1. The number of amides is 1. The van der Waals surface area contributed by atoms with Gasteiger partial charge in [-0.1, -0.05) is 29.0 Å². The van der Waals surface area contributed by atoms with Crippen molar-refractivity contribution in [2.45, 2.75) is 0 Å². The number of ether oxygens (including phenoxy) is 2. The zero-order valence-corrected chi connectivity index (χ0v) is 16.2. The molecule has 134 valence electrons. The molecule has 0 bridgehead atoms. The summed E-state index contributed by atoms with van der Waals surface area (Å²) in [5.74, 6) is 0.627. The average molecular weight is 408 g/mol. The number of para-hydroxylation sites is 1. The molecule has 3 rings (SSSR count). The number of nitrogens with zero attached hydrogens (tertiary/aromatic N) is 1. The predicted molar refractivity (Wildman–Crippen MR) is 108 cm³/mol. The molecular weight excluding hydrogens is 394 g/mol. The molecule has 2 N–H and O–H groups in total. The summed E-state index contributed by atoms with van der Waals surface area (Å²) in [5, 5.41) is 6.75. The van der Waals surface area contributed by atoms with Crippen LogP contribution in [0, 0.1) is 0 Å². The lowest BCUT2D eigenvalue weighted by atomic mass is 10.2. The van der Waals surface area contributed by atoms with Gasteiger partial charge in [-0.15, -0.1) is 0 Å². The second-order valence-electron chi connectivity index (χ2n) is 5.12. The Hall–Kier alpha value is -2.42. The quantitative estimate of drug-likeness (QED) is 0.634. The number of methoxy groups -OCH3 is 2. The Labute approximate surface area is 164 Å². The fraction of sp³-hybridized carbons (Fsp3) is 0.118. The van der Waals surface area contributed by atoms with Crippen molar-refractivity contribution in [2.75, 3.05) is 19.5 Å². The van der Waals surface area contributed by atoms with Gasteiger partial charge >= 0.3 is 0 Å². The zero-order valence-electron chi connectivity index (χ0n) is 13.8. The Morgan fingerprint density at radius 2 is 1.88 bits per heavy atom. The van der Waals surface area contributed by atoms with E-state index in [9.17, 15) is 4.79 Å². The summed E-state index contributed by atoms with van der Waals surface area (Å²) in [6.45, 7) is 0. The first-order valence-electron chi connectivity index (χ1n) is 7.40. The fourth-order valence-corrected chi connectivity index (χ4v) is 3.63. The molecule has 1 amide bonds. The number of fused-ring (bicyclic) bond motifs is 1. The second kappa shape index (κ2) is 7.86. The van der Waals surface area contributed by atoms with E-state index in [0.29, 0.717) is 32.7 Å². The number of thiocarbonyl (C=S) groups is 1. The summed E-state index contributed by atoms with van der Waals surface area (Å²) in [6, 6.07) is 10.4. The molecule has 1 heterocycles. The molecule has 0 atom stereocenters. The number of hydrogen-bond acceptors (Lipinski definition) is 6. The van der Waals surface area contributed by atoms with Crippen LogP contribution in [-0.4, -0.2) is 30.2 Å². The van der Waals surface area contributed by atoms with Gasteiger partial charge in [0.1, 0.15) is 17.0 Å². The number of hydrogen-bond donors (Lipinski definition) is 2. The van der Waals surface area contributed by atoms with Crippen molar-refractivity contribution < 1.29 is 14.3 Å². The van der Waals surface area contributed by atoms with Crippen LogP contribution in [0.25, 0.3) is 10.2 Å². The molecule has 0 radical (unpaired) electrons. The van der Waals surface area contributed by atoms with E-state index in [1.165, 1.54) is 25.6 Å². The van der Waals surface area contributed by atoms with Crippen molar-refractivity contribution in [1.29, 1.82) is 0 Å².